The van der Waals surface area contributed by atoms with Gasteiger partial charge in [-0.15, -0.1) is 0 Å². The lowest BCUT2D eigenvalue weighted by molar-refractivity contribution is -0.137. The van der Waals surface area contributed by atoms with Crippen molar-refractivity contribution in [1.29, 1.82) is 0 Å². The molecular weight excluding hydrogens is 414 g/mol. The fraction of sp³-hybridized carbons (Fsp3) is 0.519. The van der Waals surface area contributed by atoms with Crippen LogP contribution in [0.15, 0.2) is 42.7 Å². The zero-order valence-electron chi connectivity index (χ0n) is 19.5. The van der Waals surface area contributed by atoms with Crippen molar-refractivity contribution in [3.05, 3.63) is 53.9 Å². The lowest BCUT2D eigenvalue weighted by atomic mass is 9.74. The van der Waals surface area contributed by atoms with E-state index in [4.69, 9.17) is 4.74 Å². The lowest BCUT2D eigenvalue weighted by Gasteiger charge is -2.37. The van der Waals surface area contributed by atoms with Gasteiger partial charge in [-0.25, -0.2) is 4.79 Å². The van der Waals surface area contributed by atoms with Gasteiger partial charge in [0.25, 0.3) is 0 Å². The molecule has 1 aliphatic carbocycles. The molecule has 1 aromatic carbocycles. The molecule has 1 saturated heterocycles. The summed E-state index contributed by atoms with van der Waals surface area (Å²) in [6.45, 7) is 4.06. The van der Waals surface area contributed by atoms with Crippen molar-refractivity contribution < 1.29 is 14.3 Å². The molecule has 2 aromatic rings. The van der Waals surface area contributed by atoms with E-state index in [1.165, 1.54) is 19.3 Å². The van der Waals surface area contributed by atoms with Crippen LogP contribution in [0, 0.1) is 5.92 Å². The van der Waals surface area contributed by atoms with Crippen molar-refractivity contribution in [1.82, 2.24) is 14.8 Å². The Balaban J connectivity index is 1.22. The molecule has 0 bridgehead atoms. The van der Waals surface area contributed by atoms with Gasteiger partial charge in [-0.05, 0) is 80.9 Å². The number of hydrogen-bond acceptors (Lipinski definition) is 5. The molecule has 1 aromatic heterocycles. The molecule has 1 spiro atoms. The first-order chi connectivity index (χ1) is 16.1. The van der Waals surface area contributed by atoms with Crippen molar-refractivity contribution in [3.63, 3.8) is 0 Å². The van der Waals surface area contributed by atoms with Crippen molar-refractivity contribution >= 4 is 11.9 Å². The number of benzene rings is 1. The van der Waals surface area contributed by atoms with Crippen LogP contribution in [0.25, 0.3) is 11.1 Å². The van der Waals surface area contributed by atoms with E-state index in [0.717, 1.165) is 55.7 Å². The van der Waals surface area contributed by atoms with Crippen LogP contribution >= 0.6 is 0 Å². The minimum Gasteiger partial charge on any atom is -0.451 e. The van der Waals surface area contributed by atoms with E-state index < -0.39 is 5.60 Å². The van der Waals surface area contributed by atoms with Gasteiger partial charge in [-0.1, -0.05) is 18.6 Å². The summed E-state index contributed by atoms with van der Waals surface area (Å²) < 4.78 is 5.98. The summed E-state index contributed by atoms with van der Waals surface area (Å²) in [4.78, 5) is 34.3. The number of likely N-dealkylation sites (tertiary alicyclic amines) is 1. The van der Waals surface area contributed by atoms with Gasteiger partial charge in [0.1, 0.15) is 5.60 Å². The smallest absolute Gasteiger partial charge is 0.339 e. The second-order valence-corrected chi connectivity index (χ2v) is 9.82. The van der Waals surface area contributed by atoms with E-state index in [2.05, 4.69) is 16.0 Å². The Morgan fingerprint density at radius 2 is 1.82 bits per heavy atom. The predicted molar refractivity (Wildman–Crippen MR) is 127 cm³/mol. The van der Waals surface area contributed by atoms with E-state index in [0.29, 0.717) is 18.4 Å². The quantitative estimate of drug-likeness (QED) is 0.642. The molecule has 0 atom stereocenters. The first kappa shape index (κ1) is 22.1. The van der Waals surface area contributed by atoms with Crippen LogP contribution in [0.1, 0.15) is 60.9 Å². The number of piperidine rings is 1. The number of carbonyl (C=O) groups is 2. The summed E-state index contributed by atoms with van der Waals surface area (Å²) in [6, 6.07) is 9.92. The minimum atomic E-state index is -0.577. The number of nitrogens with zero attached hydrogens (tertiary/aromatic N) is 3. The largest absolute Gasteiger partial charge is 0.451 e. The molecule has 0 radical (unpaired) electrons. The number of rotatable bonds is 5. The maximum atomic E-state index is 13.1. The standard InChI is InChI=1S/C27H33N3O3/c1-29(17-18-30-15-3-2-4-16-30)25(31)21-7-11-27(12-8-21)24-6-5-22(19-23(24)26(32)33-27)20-9-13-28-14-10-20/h5-6,9-10,13-14,19,21H,2-4,7-8,11-12,15-18H2,1H3/t21-,27-. The molecule has 174 valence electrons. The molecule has 3 heterocycles. The normalized spacial score (nSPS) is 25.0. The highest BCUT2D eigenvalue weighted by Gasteiger charge is 2.48. The van der Waals surface area contributed by atoms with Crippen molar-refractivity contribution in [3.8, 4) is 11.1 Å². The molecule has 6 heteroatoms. The highest BCUT2D eigenvalue weighted by atomic mass is 16.6. The second kappa shape index (κ2) is 9.26. The summed E-state index contributed by atoms with van der Waals surface area (Å²) in [7, 11) is 1.93. The van der Waals surface area contributed by atoms with Crippen LogP contribution in [0.2, 0.25) is 0 Å². The zero-order chi connectivity index (χ0) is 22.8. The van der Waals surface area contributed by atoms with Crippen LogP contribution in [0.3, 0.4) is 0 Å². The number of carbonyl (C=O) groups excluding carboxylic acids is 2. The first-order valence-corrected chi connectivity index (χ1v) is 12.3. The number of pyridine rings is 1. The molecule has 2 aliphatic heterocycles. The number of likely N-dealkylation sites (N-methyl/N-ethyl adjacent to an activating group) is 1. The Labute approximate surface area is 195 Å². The third-order valence-corrected chi connectivity index (χ3v) is 7.75. The molecular formula is C27H33N3O3. The Morgan fingerprint density at radius 3 is 2.55 bits per heavy atom. The van der Waals surface area contributed by atoms with Gasteiger partial charge in [0.05, 0.1) is 5.56 Å². The van der Waals surface area contributed by atoms with E-state index in [1.807, 2.05) is 36.2 Å². The maximum absolute atomic E-state index is 13.1. The van der Waals surface area contributed by atoms with Crippen molar-refractivity contribution in [2.24, 2.45) is 5.92 Å². The lowest BCUT2D eigenvalue weighted by Crippen LogP contribution is -2.43. The third-order valence-electron chi connectivity index (χ3n) is 7.75. The fourth-order valence-electron chi connectivity index (χ4n) is 5.72. The zero-order valence-corrected chi connectivity index (χ0v) is 19.5. The van der Waals surface area contributed by atoms with Crippen LogP contribution in [0.4, 0.5) is 0 Å². The number of fused-ring (bicyclic) bond motifs is 2. The average molecular weight is 448 g/mol. The van der Waals surface area contributed by atoms with Crippen molar-refractivity contribution in [2.75, 3.05) is 33.2 Å². The Bertz CT molecular complexity index is 1010. The van der Waals surface area contributed by atoms with Gasteiger partial charge in [-0.3, -0.25) is 9.78 Å². The van der Waals surface area contributed by atoms with E-state index in [1.54, 1.807) is 12.4 Å². The van der Waals surface area contributed by atoms with Gasteiger partial charge in [0, 0.05) is 44.0 Å². The second-order valence-electron chi connectivity index (χ2n) is 9.82. The molecule has 33 heavy (non-hydrogen) atoms. The Hall–Kier alpha value is -2.73. The first-order valence-electron chi connectivity index (χ1n) is 12.3. The summed E-state index contributed by atoms with van der Waals surface area (Å²) in [6.07, 6.45) is 10.3. The van der Waals surface area contributed by atoms with Gasteiger partial charge >= 0.3 is 5.97 Å². The van der Waals surface area contributed by atoms with Crippen LogP contribution < -0.4 is 0 Å². The molecule has 5 rings (SSSR count). The van der Waals surface area contributed by atoms with Crippen LogP contribution in [-0.2, 0) is 15.1 Å². The van der Waals surface area contributed by atoms with E-state index in [-0.39, 0.29) is 17.8 Å². The maximum Gasteiger partial charge on any atom is 0.339 e. The number of hydrogen-bond donors (Lipinski definition) is 0. The number of amides is 1. The molecule has 2 fully saturated rings. The van der Waals surface area contributed by atoms with Gasteiger partial charge < -0.3 is 14.5 Å². The summed E-state index contributed by atoms with van der Waals surface area (Å²) in [5.41, 5.74) is 3.09. The molecule has 3 aliphatic rings. The molecule has 1 amide bonds. The third kappa shape index (κ3) is 4.41. The molecule has 1 saturated carbocycles. The Kier molecular flexibility index (Phi) is 6.19. The summed E-state index contributed by atoms with van der Waals surface area (Å²) >= 11 is 0. The average Bonchev–Trinajstić information content (AvgIpc) is 3.14. The predicted octanol–water partition coefficient (Wildman–Crippen LogP) is 4.25. The SMILES string of the molecule is CN(CCN1CCCCC1)C(=O)[C@H]1CC[C@@]2(CC1)OC(=O)c1cc(-c3ccncc3)ccc12. The van der Waals surface area contributed by atoms with Crippen LogP contribution in [-0.4, -0.2) is 59.9 Å². The van der Waals surface area contributed by atoms with E-state index in [9.17, 15) is 9.59 Å². The fourth-order valence-corrected chi connectivity index (χ4v) is 5.72. The van der Waals surface area contributed by atoms with Gasteiger partial charge in [0.2, 0.25) is 5.91 Å². The van der Waals surface area contributed by atoms with Gasteiger partial charge in [-0.2, -0.15) is 0 Å². The van der Waals surface area contributed by atoms with Gasteiger partial charge in [0.15, 0.2) is 0 Å². The molecule has 6 nitrogen and oxygen atoms in total. The van der Waals surface area contributed by atoms with Crippen molar-refractivity contribution in [2.45, 2.75) is 50.5 Å². The van der Waals surface area contributed by atoms with E-state index >= 15 is 0 Å². The molecule has 0 N–H and O–H groups in total. The topological polar surface area (TPSA) is 62.7 Å². The minimum absolute atomic E-state index is 0.0147. The Morgan fingerprint density at radius 1 is 1.09 bits per heavy atom. The number of aromatic nitrogens is 1. The number of esters is 1. The summed E-state index contributed by atoms with van der Waals surface area (Å²) in [5.74, 6) is 0.00426. The number of ether oxygens (including phenoxy) is 1. The monoisotopic (exact) mass is 447 g/mol. The highest BCUT2D eigenvalue weighted by molar-refractivity contribution is 5.96. The highest BCUT2D eigenvalue weighted by Crippen LogP contribution is 2.49. The molecule has 0 unspecified atom stereocenters. The van der Waals surface area contributed by atoms with Crippen LogP contribution in [0.5, 0.6) is 0 Å². The summed E-state index contributed by atoms with van der Waals surface area (Å²) in [5, 5.41) is 0.